The molecule has 3 rings (SSSR count). The molecule has 0 spiro atoms. The highest BCUT2D eigenvalue weighted by Crippen LogP contribution is 2.24. The van der Waals surface area contributed by atoms with Crippen molar-refractivity contribution < 1.29 is 10.2 Å². The van der Waals surface area contributed by atoms with Gasteiger partial charge in [-0.15, -0.1) is 0 Å². The van der Waals surface area contributed by atoms with Crippen molar-refractivity contribution in [2.75, 3.05) is 24.6 Å². The lowest BCUT2D eigenvalue weighted by Crippen LogP contribution is -2.39. The summed E-state index contributed by atoms with van der Waals surface area (Å²) in [5, 5.41) is 23.3. The monoisotopic (exact) mass is 330 g/mol. The Morgan fingerprint density at radius 1 is 1.25 bits per heavy atom. The quantitative estimate of drug-likeness (QED) is 0.869. The van der Waals surface area contributed by atoms with Gasteiger partial charge in [0.1, 0.15) is 5.82 Å². The number of aromatic nitrogens is 3. The van der Waals surface area contributed by atoms with Crippen LogP contribution in [0.15, 0.2) is 24.4 Å². The highest BCUT2D eigenvalue weighted by molar-refractivity contribution is 5.39. The molecule has 3 heterocycles. The first-order valence-corrected chi connectivity index (χ1v) is 8.56. The van der Waals surface area contributed by atoms with E-state index in [9.17, 15) is 5.11 Å². The van der Waals surface area contributed by atoms with Crippen LogP contribution >= 0.6 is 0 Å². The zero-order valence-electron chi connectivity index (χ0n) is 14.4. The Labute approximate surface area is 142 Å². The smallest absolute Gasteiger partial charge is 0.128 e. The summed E-state index contributed by atoms with van der Waals surface area (Å²) < 4.78 is 1.99. The summed E-state index contributed by atoms with van der Waals surface area (Å²) in [4.78, 5) is 6.84. The lowest BCUT2D eigenvalue weighted by atomic mass is 9.91. The molecule has 1 atom stereocenters. The molecule has 24 heavy (non-hydrogen) atoms. The Hall–Kier alpha value is -1.92. The fourth-order valence-corrected chi connectivity index (χ4v) is 3.37. The van der Waals surface area contributed by atoms with Gasteiger partial charge in [0.05, 0.1) is 24.9 Å². The zero-order chi connectivity index (χ0) is 17.1. The van der Waals surface area contributed by atoms with Crippen LogP contribution in [0.5, 0.6) is 0 Å². The third-order valence-electron chi connectivity index (χ3n) is 4.84. The van der Waals surface area contributed by atoms with E-state index in [1.165, 1.54) is 0 Å². The summed E-state index contributed by atoms with van der Waals surface area (Å²) in [6.07, 6.45) is 3.09. The first-order valence-electron chi connectivity index (χ1n) is 8.56. The fourth-order valence-electron chi connectivity index (χ4n) is 3.37. The Balaban J connectivity index is 1.60. The van der Waals surface area contributed by atoms with E-state index in [1.54, 1.807) is 0 Å². The number of nitrogens with zero attached hydrogens (tertiary/aromatic N) is 4. The molecule has 1 unspecified atom stereocenters. The van der Waals surface area contributed by atoms with E-state index in [0.29, 0.717) is 0 Å². The Morgan fingerprint density at radius 2 is 2.00 bits per heavy atom. The third kappa shape index (κ3) is 3.76. The molecule has 0 amide bonds. The van der Waals surface area contributed by atoms with Crippen LogP contribution in [-0.4, -0.2) is 50.8 Å². The molecule has 1 aliphatic rings. The Kier molecular flexibility index (Phi) is 5.16. The van der Waals surface area contributed by atoms with Gasteiger partial charge in [0, 0.05) is 25.0 Å². The van der Waals surface area contributed by atoms with Crippen molar-refractivity contribution >= 4 is 5.82 Å². The predicted molar refractivity (Wildman–Crippen MR) is 93.1 cm³/mol. The number of anilines is 1. The molecule has 0 aliphatic carbocycles. The van der Waals surface area contributed by atoms with E-state index in [1.807, 2.05) is 17.8 Å². The number of rotatable bonds is 5. The molecule has 2 aromatic rings. The Morgan fingerprint density at radius 3 is 2.54 bits per heavy atom. The molecule has 1 saturated heterocycles. The molecular weight excluding hydrogens is 304 g/mol. The molecule has 6 nitrogen and oxygen atoms in total. The summed E-state index contributed by atoms with van der Waals surface area (Å²) in [7, 11) is 0. The second-order valence-corrected chi connectivity index (χ2v) is 6.68. The van der Waals surface area contributed by atoms with Crippen molar-refractivity contribution in [1.82, 2.24) is 14.8 Å². The van der Waals surface area contributed by atoms with Crippen LogP contribution in [0, 0.1) is 19.8 Å². The second kappa shape index (κ2) is 7.32. The SMILES string of the molecule is Cc1cc(C)n(Cc2ccc(N3CCC(C(O)CO)CC3)nc2)n1. The molecule has 1 fully saturated rings. The van der Waals surface area contributed by atoms with Gasteiger partial charge in [-0.1, -0.05) is 6.07 Å². The highest BCUT2D eigenvalue weighted by atomic mass is 16.3. The van der Waals surface area contributed by atoms with E-state index in [2.05, 4.69) is 40.1 Å². The van der Waals surface area contributed by atoms with E-state index in [4.69, 9.17) is 5.11 Å². The summed E-state index contributed by atoms with van der Waals surface area (Å²) in [6, 6.07) is 6.24. The van der Waals surface area contributed by atoms with Crippen LogP contribution in [0.2, 0.25) is 0 Å². The second-order valence-electron chi connectivity index (χ2n) is 6.68. The molecule has 0 bridgehead atoms. The average molecular weight is 330 g/mol. The highest BCUT2D eigenvalue weighted by Gasteiger charge is 2.25. The minimum absolute atomic E-state index is 0.149. The predicted octanol–water partition coefficient (Wildman–Crippen LogP) is 1.51. The van der Waals surface area contributed by atoms with Crippen LogP contribution in [-0.2, 0) is 6.54 Å². The molecule has 2 N–H and O–H groups in total. The molecule has 130 valence electrons. The standard InChI is InChI=1S/C18H26N4O2/c1-13-9-14(2)22(20-13)11-15-3-4-18(19-10-15)21-7-5-16(6-8-21)17(24)12-23/h3-4,9-10,16-17,23-24H,5-8,11-12H2,1-2H3. The number of pyridine rings is 1. The molecule has 0 saturated carbocycles. The lowest BCUT2D eigenvalue weighted by molar-refractivity contribution is 0.0376. The molecule has 0 aromatic carbocycles. The van der Waals surface area contributed by atoms with Gasteiger partial charge in [-0.05, 0) is 50.3 Å². The maximum absolute atomic E-state index is 9.75. The summed E-state index contributed by atoms with van der Waals surface area (Å²) in [5.74, 6) is 1.17. The van der Waals surface area contributed by atoms with Gasteiger partial charge in [-0.25, -0.2) is 4.98 Å². The van der Waals surface area contributed by atoms with Crippen molar-refractivity contribution in [3.05, 3.63) is 41.3 Å². The minimum Gasteiger partial charge on any atom is -0.394 e. The van der Waals surface area contributed by atoms with E-state index in [0.717, 1.165) is 55.2 Å². The number of aryl methyl sites for hydroxylation is 2. The number of aliphatic hydroxyl groups excluding tert-OH is 2. The Bertz CT molecular complexity index is 660. The van der Waals surface area contributed by atoms with Crippen molar-refractivity contribution in [2.45, 2.75) is 39.3 Å². The number of piperidine rings is 1. The first kappa shape index (κ1) is 16.9. The van der Waals surface area contributed by atoms with Crippen LogP contribution in [0.1, 0.15) is 29.8 Å². The lowest BCUT2D eigenvalue weighted by Gasteiger charge is -2.34. The van der Waals surface area contributed by atoms with Crippen LogP contribution in [0.4, 0.5) is 5.82 Å². The van der Waals surface area contributed by atoms with Gasteiger partial charge in [0.15, 0.2) is 0 Å². The summed E-state index contributed by atoms with van der Waals surface area (Å²) in [5.41, 5.74) is 3.32. The van der Waals surface area contributed by atoms with E-state index < -0.39 is 6.10 Å². The van der Waals surface area contributed by atoms with Gasteiger partial charge in [-0.2, -0.15) is 5.10 Å². The van der Waals surface area contributed by atoms with Gasteiger partial charge >= 0.3 is 0 Å². The van der Waals surface area contributed by atoms with Gasteiger partial charge in [-0.3, -0.25) is 4.68 Å². The van der Waals surface area contributed by atoms with Gasteiger partial charge < -0.3 is 15.1 Å². The minimum atomic E-state index is -0.594. The van der Waals surface area contributed by atoms with Crippen molar-refractivity contribution in [3.8, 4) is 0 Å². The average Bonchev–Trinajstić information content (AvgIpc) is 2.92. The maximum Gasteiger partial charge on any atom is 0.128 e. The third-order valence-corrected chi connectivity index (χ3v) is 4.84. The number of aliphatic hydroxyl groups is 2. The molecule has 1 aliphatic heterocycles. The largest absolute Gasteiger partial charge is 0.394 e. The van der Waals surface area contributed by atoms with Crippen molar-refractivity contribution in [2.24, 2.45) is 5.92 Å². The van der Waals surface area contributed by atoms with E-state index in [-0.39, 0.29) is 12.5 Å². The maximum atomic E-state index is 9.75. The fraction of sp³-hybridized carbons (Fsp3) is 0.556. The van der Waals surface area contributed by atoms with Crippen LogP contribution in [0.3, 0.4) is 0 Å². The molecule has 6 heteroatoms. The van der Waals surface area contributed by atoms with Crippen LogP contribution in [0.25, 0.3) is 0 Å². The van der Waals surface area contributed by atoms with Crippen molar-refractivity contribution in [1.29, 1.82) is 0 Å². The number of hydrogen-bond acceptors (Lipinski definition) is 5. The topological polar surface area (TPSA) is 74.4 Å². The van der Waals surface area contributed by atoms with Crippen molar-refractivity contribution in [3.63, 3.8) is 0 Å². The number of hydrogen-bond donors (Lipinski definition) is 2. The van der Waals surface area contributed by atoms with E-state index >= 15 is 0 Å². The first-order chi connectivity index (χ1) is 11.6. The zero-order valence-corrected chi connectivity index (χ0v) is 14.4. The molecular formula is C18H26N4O2. The molecule has 2 aromatic heterocycles. The normalized spacial score (nSPS) is 17.2. The van der Waals surface area contributed by atoms with Gasteiger partial charge in [0.2, 0.25) is 0 Å². The molecule has 0 radical (unpaired) electrons. The van der Waals surface area contributed by atoms with Gasteiger partial charge in [0.25, 0.3) is 0 Å². The van der Waals surface area contributed by atoms with Crippen LogP contribution < -0.4 is 4.90 Å². The summed E-state index contributed by atoms with van der Waals surface area (Å²) in [6.45, 7) is 6.38. The summed E-state index contributed by atoms with van der Waals surface area (Å²) >= 11 is 0.